The van der Waals surface area contributed by atoms with Gasteiger partial charge in [-0.25, -0.2) is 4.68 Å². The Morgan fingerprint density at radius 3 is 2.45 bits per heavy atom. The average molecular weight is 452 g/mol. The van der Waals surface area contributed by atoms with Gasteiger partial charge in [-0.1, -0.05) is 30.3 Å². The Balaban J connectivity index is 1.49. The maximum atomic E-state index is 5.88. The predicted molar refractivity (Wildman–Crippen MR) is 116 cm³/mol. The Bertz CT molecular complexity index is 1120. The molecule has 0 fully saturated rings. The molecule has 0 aliphatic heterocycles. The molecule has 0 amide bonds. The van der Waals surface area contributed by atoms with E-state index in [1.54, 1.807) is 0 Å². The fourth-order valence-corrected chi connectivity index (χ4v) is 3.80. The van der Waals surface area contributed by atoms with Crippen molar-refractivity contribution < 1.29 is 4.42 Å². The summed E-state index contributed by atoms with van der Waals surface area (Å²) in [6, 6.07) is 18.0. The second-order valence-corrected chi connectivity index (χ2v) is 7.90. The summed E-state index contributed by atoms with van der Waals surface area (Å²) >= 11 is 3.53. The lowest BCUT2D eigenvalue weighted by atomic mass is 10.2. The Kier molecular flexibility index (Phi) is 5.60. The summed E-state index contributed by atoms with van der Waals surface area (Å²) in [6.45, 7) is 5.46. The van der Waals surface area contributed by atoms with Crippen LogP contribution in [0.15, 0.2) is 63.5 Å². The molecule has 0 N–H and O–H groups in total. The van der Waals surface area contributed by atoms with E-state index < -0.39 is 0 Å². The van der Waals surface area contributed by atoms with E-state index in [-0.39, 0.29) is 0 Å². The number of halogens is 1. The highest BCUT2D eigenvalue weighted by atomic mass is 79.9. The molecule has 2 aromatic carbocycles. The summed E-state index contributed by atoms with van der Waals surface area (Å²) in [4.78, 5) is 2.16. The summed E-state index contributed by atoms with van der Waals surface area (Å²) in [5.41, 5.74) is 5.33. The SMILES string of the molecule is Cc1nn(-c2ccccc2)c(C)c1CN(C)Cc1nnc(-c2ccccc2Br)o1. The predicted octanol–water partition coefficient (Wildman–Crippen LogP) is 4.93. The average Bonchev–Trinajstić information content (AvgIpc) is 3.29. The summed E-state index contributed by atoms with van der Waals surface area (Å²) in [6.07, 6.45) is 0. The van der Waals surface area contributed by atoms with Crippen LogP contribution in [0.1, 0.15) is 22.8 Å². The van der Waals surface area contributed by atoms with E-state index in [0.29, 0.717) is 18.3 Å². The van der Waals surface area contributed by atoms with Crippen LogP contribution in [0.4, 0.5) is 0 Å². The molecule has 0 aliphatic carbocycles. The van der Waals surface area contributed by atoms with Crippen LogP contribution in [0, 0.1) is 13.8 Å². The van der Waals surface area contributed by atoms with Crippen molar-refractivity contribution in [2.24, 2.45) is 0 Å². The number of benzene rings is 2. The van der Waals surface area contributed by atoms with Crippen LogP contribution in [0.25, 0.3) is 17.1 Å². The van der Waals surface area contributed by atoms with Crippen molar-refractivity contribution in [1.29, 1.82) is 0 Å². The summed E-state index contributed by atoms with van der Waals surface area (Å²) < 4.78 is 8.81. The Hall–Kier alpha value is -2.77. The van der Waals surface area contributed by atoms with Gasteiger partial charge in [0.25, 0.3) is 0 Å². The lowest BCUT2D eigenvalue weighted by Gasteiger charge is -2.14. The van der Waals surface area contributed by atoms with E-state index in [2.05, 4.69) is 50.1 Å². The fraction of sp³-hybridized carbons (Fsp3) is 0.227. The molecule has 29 heavy (non-hydrogen) atoms. The van der Waals surface area contributed by atoms with Crippen molar-refractivity contribution in [3.8, 4) is 17.1 Å². The van der Waals surface area contributed by atoms with Crippen LogP contribution in [0.5, 0.6) is 0 Å². The second kappa shape index (κ2) is 8.31. The third kappa shape index (κ3) is 4.16. The van der Waals surface area contributed by atoms with Gasteiger partial charge < -0.3 is 4.42 Å². The molecular formula is C22H22BrN5O. The van der Waals surface area contributed by atoms with Crippen LogP contribution in [-0.2, 0) is 13.1 Å². The molecule has 0 spiro atoms. The van der Waals surface area contributed by atoms with Crippen molar-refractivity contribution in [3.63, 3.8) is 0 Å². The van der Waals surface area contributed by atoms with E-state index in [4.69, 9.17) is 9.52 Å². The lowest BCUT2D eigenvalue weighted by molar-refractivity contribution is 0.282. The first-order valence-electron chi connectivity index (χ1n) is 9.39. The van der Waals surface area contributed by atoms with Crippen LogP contribution in [-0.4, -0.2) is 31.9 Å². The summed E-state index contributed by atoms with van der Waals surface area (Å²) in [5, 5.41) is 13.1. The highest BCUT2D eigenvalue weighted by Gasteiger charge is 2.17. The maximum Gasteiger partial charge on any atom is 0.248 e. The first-order chi connectivity index (χ1) is 14.0. The molecule has 0 saturated carbocycles. The van der Waals surface area contributed by atoms with Gasteiger partial charge in [0, 0.05) is 22.3 Å². The smallest absolute Gasteiger partial charge is 0.248 e. The van der Waals surface area contributed by atoms with Crippen LogP contribution >= 0.6 is 15.9 Å². The molecule has 0 bridgehead atoms. The molecule has 4 rings (SSSR count). The topological polar surface area (TPSA) is 60.0 Å². The van der Waals surface area contributed by atoms with Crippen molar-refractivity contribution in [3.05, 3.63) is 81.9 Å². The Morgan fingerprint density at radius 1 is 0.966 bits per heavy atom. The number of rotatable bonds is 6. The van der Waals surface area contributed by atoms with E-state index in [9.17, 15) is 0 Å². The van der Waals surface area contributed by atoms with Crippen LogP contribution in [0.2, 0.25) is 0 Å². The number of hydrogen-bond acceptors (Lipinski definition) is 5. The zero-order chi connectivity index (χ0) is 20.4. The highest BCUT2D eigenvalue weighted by molar-refractivity contribution is 9.10. The van der Waals surface area contributed by atoms with E-state index >= 15 is 0 Å². The van der Waals surface area contributed by atoms with Crippen molar-refractivity contribution in [2.45, 2.75) is 26.9 Å². The second-order valence-electron chi connectivity index (χ2n) is 7.05. The molecule has 0 unspecified atom stereocenters. The quantitative estimate of drug-likeness (QED) is 0.415. The highest BCUT2D eigenvalue weighted by Crippen LogP contribution is 2.27. The Labute approximate surface area is 178 Å². The van der Waals surface area contributed by atoms with Crippen LogP contribution in [0.3, 0.4) is 0 Å². The monoisotopic (exact) mass is 451 g/mol. The minimum atomic E-state index is 0.519. The number of aryl methyl sites for hydroxylation is 1. The summed E-state index contributed by atoms with van der Waals surface area (Å²) in [7, 11) is 2.04. The number of hydrogen-bond donors (Lipinski definition) is 0. The molecule has 0 atom stereocenters. The van der Waals surface area contributed by atoms with Gasteiger partial charge in [-0.05, 0) is 61.1 Å². The van der Waals surface area contributed by atoms with Crippen LogP contribution < -0.4 is 0 Å². The Morgan fingerprint density at radius 2 is 1.69 bits per heavy atom. The minimum absolute atomic E-state index is 0.519. The van der Waals surface area contributed by atoms with E-state index in [1.807, 2.05) is 61.1 Å². The van der Waals surface area contributed by atoms with Crippen molar-refractivity contribution in [2.75, 3.05) is 7.05 Å². The molecule has 4 aromatic rings. The summed E-state index contributed by atoms with van der Waals surface area (Å²) in [5.74, 6) is 1.11. The van der Waals surface area contributed by atoms with Crippen molar-refractivity contribution >= 4 is 15.9 Å². The molecule has 0 radical (unpaired) electrons. The molecule has 0 saturated heterocycles. The van der Waals surface area contributed by atoms with E-state index in [0.717, 1.165) is 33.7 Å². The number of para-hydroxylation sites is 1. The molecular weight excluding hydrogens is 430 g/mol. The van der Waals surface area contributed by atoms with Gasteiger partial charge in [0.05, 0.1) is 23.5 Å². The number of nitrogens with zero attached hydrogens (tertiary/aromatic N) is 5. The van der Waals surface area contributed by atoms with Gasteiger partial charge >= 0.3 is 0 Å². The largest absolute Gasteiger partial charge is 0.419 e. The third-order valence-corrected chi connectivity index (χ3v) is 5.54. The van der Waals surface area contributed by atoms with Gasteiger partial charge in [0.2, 0.25) is 11.8 Å². The van der Waals surface area contributed by atoms with Gasteiger partial charge in [0.15, 0.2) is 0 Å². The normalized spacial score (nSPS) is 11.3. The standard InChI is InChI=1S/C22H22BrN5O/c1-15-19(16(2)28(26-15)17-9-5-4-6-10-17)13-27(3)14-21-24-25-22(29-21)18-11-7-8-12-20(18)23/h4-12H,13-14H2,1-3H3. The zero-order valence-corrected chi connectivity index (χ0v) is 18.2. The molecule has 6 nitrogen and oxygen atoms in total. The fourth-order valence-electron chi connectivity index (χ4n) is 3.34. The van der Waals surface area contributed by atoms with Gasteiger partial charge in [-0.15, -0.1) is 10.2 Å². The van der Waals surface area contributed by atoms with Crippen molar-refractivity contribution in [1.82, 2.24) is 24.9 Å². The molecule has 7 heteroatoms. The van der Waals surface area contributed by atoms with E-state index in [1.165, 1.54) is 5.56 Å². The minimum Gasteiger partial charge on any atom is -0.419 e. The van der Waals surface area contributed by atoms with Gasteiger partial charge in [0.1, 0.15) is 0 Å². The lowest BCUT2D eigenvalue weighted by Crippen LogP contribution is -2.18. The molecule has 148 valence electrons. The molecule has 2 aromatic heterocycles. The van der Waals surface area contributed by atoms with Gasteiger partial charge in [-0.3, -0.25) is 4.90 Å². The zero-order valence-electron chi connectivity index (χ0n) is 16.6. The van der Waals surface area contributed by atoms with Gasteiger partial charge in [-0.2, -0.15) is 5.10 Å². The maximum absolute atomic E-state index is 5.88. The molecule has 2 heterocycles. The third-order valence-electron chi connectivity index (χ3n) is 4.85. The first kappa shape index (κ1) is 19.5. The molecule has 0 aliphatic rings. The number of aromatic nitrogens is 4. The first-order valence-corrected chi connectivity index (χ1v) is 10.2.